The van der Waals surface area contributed by atoms with Crippen LogP contribution in [0.5, 0.6) is 0 Å². The predicted molar refractivity (Wildman–Crippen MR) is 63.0 cm³/mol. The second-order valence-corrected chi connectivity index (χ2v) is 4.04. The predicted octanol–water partition coefficient (Wildman–Crippen LogP) is 1.58. The Bertz CT molecular complexity index is 406. The molecule has 0 radical (unpaired) electrons. The molecule has 0 aromatic carbocycles. The van der Waals surface area contributed by atoms with Gasteiger partial charge in [0.1, 0.15) is 5.15 Å². The van der Waals surface area contributed by atoms with Crippen LogP contribution in [0.3, 0.4) is 0 Å². The van der Waals surface area contributed by atoms with Gasteiger partial charge in [0.2, 0.25) is 0 Å². The van der Waals surface area contributed by atoms with E-state index < -0.39 is 11.9 Å². The summed E-state index contributed by atoms with van der Waals surface area (Å²) in [5.74, 6) is -1.63. The second kappa shape index (κ2) is 6.20. The van der Waals surface area contributed by atoms with Gasteiger partial charge >= 0.3 is 5.97 Å². The first-order chi connectivity index (χ1) is 8.00. The minimum Gasteiger partial charge on any atom is -0.481 e. The van der Waals surface area contributed by atoms with Crippen LogP contribution < -0.4 is 5.32 Å². The van der Waals surface area contributed by atoms with E-state index in [0.717, 1.165) is 0 Å². The van der Waals surface area contributed by atoms with Crippen molar-refractivity contribution in [3.05, 3.63) is 29.0 Å². The van der Waals surface area contributed by atoms with Crippen LogP contribution in [0.2, 0.25) is 5.15 Å². The first-order valence-electron chi connectivity index (χ1n) is 5.13. The first-order valence-corrected chi connectivity index (χ1v) is 5.51. The van der Waals surface area contributed by atoms with Gasteiger partial charge in [0.25, 0.3) is 5.91 Å². The van der Waals surface area contributed by atoms with Crippen LogP contribution in [-0.4, -0.2) is 28.5 Å². The minimum atomic E-state index is -0.868. The van der Waals surface area contributed by atoms with Gasteiger partial charge in [-0.3, -0.25) is 9.59 Å². The summed E-state index contributed by atoms with van der Waals surface area (Å²) >= 11 is 5.59. The molecular formula is C11H13ClN2O3. The third kappa shape index (κ3) is 4.40. The maximum atomic E-state index is 11.6. The summed E-state index contributed by atoms with van der Waals surface area (Å²) in [5.41, 5.74) is 0.400. The minimum absolute atomic E-state index is 0.285. The fraction of sp³-hybridized carbons (Fsp3) is 0.364. The maximum absolute atomic E-state index is 11.6. The number of carboxylic acid groups (broad SMARTS) is 1. The van der Waals surface area contributed by atoms with Gasteiger partial charge in [0, 0.05) is 12.7 Å². The zero-order valence-corrected chi connectivity index (χ0v) is 10.1. The lowest BCUT2D eigenvalue weighted by Gasteiger charge is -2.07. The lowest BCUT2D eigenvalue weighted by Crippen LogP contribution is -2.27. The number of carbonyl (C=O) groups excluding carboxylic acids is 1. The van der Waals surface area contributed by atoms with Gasteiger partial charge in [0.05, 0.1) is 11.5 Å². The van der Waals surface area contributed by atoms with Gasteiger partial charge in [-0.2, -0.15) is 0 Å². The molecule has 6 heteroatoms. The number of carbonyl (C=O) groups is 2. The summed E-state index contributed by atoms with van der Waals surface area (Å²) in [6, 6.07) is 3.08. The van der Waals surface area contributed by atoms with Crippen LogP contribution in [0.25, 0.3) is 0 Å². The number of rotatable bonds is 5. The van der Waals surface area contributed by atoms with Gasteiger partial charge < -0.3 is 10.4 Å². The molecule has 0 aliphatic heterocycles. The highest BCUT2D eigenvalue weighted by Crippen LogP contribution is 2.05. The summed E-state index contributed by atoms with van der Waals surface area (Å²) in [6.45, 7) is 1.91. The molecule has 0 saturated heterocycles. The van der Waals surface area contributed by atoms with Crippen molar-refractivity contribution in [2.24, 2.45) is 5.92 Å². The van der Waals surface area contributed by atoms with E-state index in [0.29, 0.717) is 23.7 Å². The van der Waals surface area contributed by atoms with Crippen LogP contribution in [0.1, 0.15) is 23.7 Å². The standard InChI is InChI=1S/C11H13ClN2O3/c1-7(11(16)17)4-5-13-10(15)8-2-3-9(12)14-6-8/h2-3,6-7H,4-5H2,1H3,(H,13,15)(H,16,17). The Kier molecular flexibility index (Phi) is 4.90. The number of nitrogens with zero attached hydrogens (tertiary/aromatic N) is 1. The number of amides is 1. The Hall–Kier alpha value is -1.62. The van der Waals surface area contributed by atoms with Gasteiger partial charge in [-0.05, 0) is 18.6 Å². The number of hydrogen-bond donors (Lipinski definition) is 2. The van der Waals surface area contributed by atoms with E-state index in [2.05, 4.69) is 10.3 Å². The zero-order chi connectivity index (χ0) is 12.8. The number of pyridine rings is 1. The van der Waals surface area contributed by atoms with Gasteiger partial charge in [-0.15, -0.1) is 0 Å². The molecule has 17 heavy (non-hydrogen) atoms. The van der Waals surface area contributed by atoms with Gasteiger partial charge in [-0.25, -0.2) is 4.98 Å². The number of hydrogen-bond acceptors (Lipinski definition) is 3. The molecule has 0 bridgehead atoms. The normalized spacial score (nSPS) is 11.9. The number of carboxylic acids is 1. The maximum Gasteiger partial charge on any atom is 0.306 e. The van der Waals surface area contributed by atoms with Crippen LogP contribution in [0.15, 0.2) is 18.3 Å². The van der Waals surface area contributed by atoms with E-state index in [1.807, 2.05) is 0 Å². The number of aliphatic carboxylic acids is 1. The summed E-state index contributed by atoms with van der Waals surface area (Å²) in [7, 11) is 0. The molecule has 92 valence electrons. The van der Waals surface area contributed by atoms with Crippen LogP contribution in [-0.2, 0) is 4.79 Å². The summed E-state index contributed by atoms with van der Waals surface area (Å²) in [6.07, 6.45) is 1.76. The molecule has 1 amide bonds. The highest BCUT2D eigenvalue weighted by molar-refractivity contribution is 6.29. The largest absolute Gasteiger partial charge is 0.481 e. The third-order valence-corrected chi connectivity index (χ3v) is 2.50. The Balaban J connectivity index is 2.40. The molecule has 0 aliphatic rings. The monoisotopic (exact) mass is 256 g/mol. The third-order valence-electron chi connectivity index (χ3n) is 2.27. The van der Waals surface area contributed by atoms with E-state index >= 15 is 0 Å². The van der Waals surface area contributed by atoms with Crippen molar-refractivity contribution >= 4 is 23.5 Å². The molecule has 0 saturated carbocycles. The van der Waals surface area contributed by atoms with Crippen molar-refractivity contribution in [3.8, 4) is 0 Å². The van der Waals surface area contributed by atoms with Crippen molar-refractivity contribution in [3.63, 3.8) is 0 Å². The molecule has 0 spiro atoms. The highest BCUT2D eigenvalue weighted by atomic mass is 35.5. The molecule has 0 fully saturated rings. The molecule has 1 rings (SSSR count). The van der Waals surface area contributed by atoms with Gasteiger partial charge in [-0.1, -0.05) is 18.5 Å². The summed E-state index contributed by atoms with van der Waals surface area (Å²) < 4.78 is 0. The summed E-state index contributed by atoms with van der Waals surface area (Å²) in [4.78, 5) is 25.9. The van der Waals surface area contributed by atoms with Crippen molar-refractivity contribution in [1.29, 1.82) is 0 Å². The molecule has 2 N–H and O–H groups in total. The lowest BCUT2D eigenvalue weighted by molar-refractivity contribution is -0.141. The van der Waals surface area contributed by atoms with Crippen molar-refractivity contribution in [2.45, 2.75) is 13.3 Å². The van der Waals surface area contributed by atoms with Crippen LogP contribution >= 0.6 is 11.6 Å². The summed E-state index contributed by atoms with van der Waals surface area (Å²) in [5, 5.41) is 11.6. The zero-order valence-electron chi connectivity index (χ0n) is 9.31. The first kappa shape index (κ1) is 13.4. The van der Waals surface area contributed by atoms with Crippen molar-refractivity contribution in [1.82, 2.24) is 10.3 Å². The fourth-order valence-corrected chi connectivity index (χ4v) is 1.25. The molecule has 0 aliphatic carbocycles. The van der Waals surface area contributed by atoms with E-state index in [1.54, 1.807) is 13.0 Å². The number of halogens is 1. The van der Waals surface area contributed by atoms with Crippen LogP contribution in [0, 0.1) is 5.92 Å². The smallest absolute Gasteiger partial charge is 0.306 e. The van der Waals surface area contributed by atoms with Crippen molar-refractivity contribution in [2.75, 3.05) is 6.54 Å². The van der Waals surface area contributed by atoms with E-state index in [9.17, 15) is 9.59 Å². The molecule has 1 heterocycles. The fourth-order valence-electron chi connectivity index (χ4n) is 1.14. The van der Waals surface area contributed by atoms with E-state index in [4.69, 9.17) is 16.7 Å². The Morgan fingerprint density at radius 3 is 2.76 bits per heavy atom. The molecule has 1 unspecified atom stereocenters. The van der Waals surface area contributed by atoms with E-state index in [-0.39, 0.29) is 5.91 Å². The molecule has 1 aromatic rings. The quantitative estimate of drug-likeness (QED) is 0.784. The highest BCUT2D eigenvalue weighted by Gasteiger charge is 2.11. The molecular weight excluding hydrogens is 244 g/mol. The second-order valence-electron chi connectivity index (χ2n) is 3.65. The number of nitrogens with one attached hydrogen (secondary N) is 1. The molecule has 1 atom stereocenters. The average molecular weight is 257 g/mol. The molecule has 1 aromatic heterocycles. The number of aromatic nitrogens is 1. The Morgan fingerprint density at radius 2 is 2.24 bits per heavy atom. The van der Waals surface area contributed by atoms with Gasteiger partial charge in [0.15, 0.2) is 0 Å². The molecule has 5 nitrogen and oxygen atoms in total. The lowest BCUT2D eigenvalue weighted by atomic mass is 10.1. The topological polar surface area (TPSA) is 79.3 Å². The van der Waals surface area contributed by atoms with E-state index in [1.165, 1.54) is 12.3 Å². The average Bonchev–Trinajstić information content (AvgIpc) is 2.29. The van der Waals surface area contributed by atoms with Crippen molar-refractivity contribution < 1.29 is 14.7 Å². The van der Waals surface area contributed by atoms with Crippen LogP contribution in [0.4, 0.5) is 0 Å². The Morgan fingerprint density at radius 1 is 1.53 bits per heavy atom. The Labute approximate surface area is 104 Å². The SMILES string of the molecule is CC(CCNC(=O)c1ccc(Cl)nc1)C(=O)O.